The van der Waals surface area contributed by atoms with Gasteiger partial charge in [-0.3, -0.25) is 9.59 Å². The van der Waals surface area contributed by atoms with Crippen molar-refractivity contribution in [2.24, 2.45) is 0 Å². The lowest BCUT2D eigenvalue weighted by Crippen LogP contribution is -2.36. The Hall–Kier alpha value is -2.28. The highest BCUT2D eigenvalue weighted by atomic mass is 35.5. The molecule has 1 amide bonds. The van der Waals surface area contributed by atoms with Crippen LogP contribution in [0.4, 0.5) is 5.69 Å². The second-order valence-corrected chi connectivity index (χ2v) is 6.63. The average molecular weight is 396 g/mol. The number of ketones is 1. The van der Waals surface area contributed by atoms with Crippen LogP contribution in [0, 0.1) is 0 Å². The summed E-state index contributed by atoms with van der Waals surface area (Å²) in [5.74, 6) is -0.494. The van der Waals surface area contributed by atoms with Crippen LogP contribution in [0.3, 0.4) is 0 Å². The molecule has 2 aromatic carbocycles. The van der Waals surface area contributed by atoms with Gasteiger partial charge in [0.1, 0.15) is 11.5 Å². The molecule has 0 aromatic heterocycles. The summed E-state index contributed by atoms with van der Waals surface area (Å²) in [6.45, 7) is 0. The zero-order valence-electron chi connectivity index (χ0n) is 13.9. The molecule has 0 fully saturated rings. The first-order chi connectivity index (χ1) is 12.3. The van der Waals surface area contributed by atoms with E-state index in [0.29, 0.717) is 16.5 Å². The average Bonchev–Trinajstić information content (AvgIpc) is 2.84. The number of hydrogen-bond acceptors (Lipinski definition) is 5. The third-order valence-electron chi connectivity index (χ3n) is 4.22. The van der Waals surface area contributed by atoms with Crippen molar-refractivity contribution < 1.29 is 24.2 Å². The minimum absolute atomic E-state index is 0.0961. The molecule has 0 spiro atoms. The topological polar surface area (TPSA) is 84.9 Å². The van der Waals surface area contributed by atoms with Crippen LogP contribution < -0.4 is 14.8 Å². The Morgan fingerprint density at radius 3 is 2.58 bits per heavy atom. The smallest absolute Gasteiger partial charge is 0.261 e. The number of halogens is 2. The van der Waals surface area contributed by atoms with E-state index in [1.807, 2.05) is 0 Å². The molecule has 136 valence electrons. The van der Waals surface area contributed by atoms with E-state index in [-0.39, 0.29) is 21.8 Å². The summed E-state index contributed by atoms with van der Waals surface area (Å²) < 4.78 is 10.3. The maximum Gasteiger partial charge on any atom is 0.261 e. The quantitative estimate of drug-likeness (QED) is 0.757. The van der Waals surface area contributed by atoms with Crippen LogP contribution >= 0.6 is 23.2 Å². The highest BCUT2D eigenvalue weighted by molar-refractivity contribution is 6.36. The Balaban J connectivity index is 2.02. The molecular weight excluding hydrogens is 381 g/mol. The molecule has 1 heterocycles. The lowest BCUT2D eigenvalue weighted by molar-refractivity contribution is -0.133. The minimum atomic E-state index is -2.11. The van der Waals surface area contributed by atoms with Crippen molar-refractivity contribution >= 4 is 40.6 Å². The predicted molar refractivity (Wildman–Crippen MR) is 97.5 cm³/mol. The normalized spacial score (nSPS) is 18.3. The van der Waals surface area contributed by atoms with Gasteiger partial charge in [0, 0.05) is 10.6 Å². The van der Waals surface area contributed by atoms with Gasteiger partial charge >= 0.3 is 0 Å². The highest BCUT2D eigenvalue weighted by Crippen LogP contribution is 2.45. The summed E-state index contributed by atoms with van der Waals surface area (Å²) in [5, 5.41) is 13.9. The van der Waals surface area contributed by atoms with Gasteiger partial charge in [0.2, 0.25) is 0 Å². The Kier molecular flexibility index (Phi) is 4.84. The number of aliphatic hydroxyl groups is 1. The van der Waals surface area contributed by atoms with Crippen molar-refractivity contribution in [3.05, 3.63) is 51.5 Å². The van der Waals surface area contributed by atoms with E-state index in [9.17, 15) is 14.7 Å². The molecule has 1 aliphatic rings. The van der Waals surface area contributed by atoms with Crippen molar-refractivity contribution in [2.45, 2.75) is 12.0 Å². The van der Waals surface area contributed by atoms with Gasteiger partial charge in [0.25, 0.3) is 5.91 Å². The van der Waals surface area contributed by atoms with E-state index in [4.69, 9.17) is 32.7 Å². The van der Waals surface area contributed by atoms with E-state index < -0.39 is 23.7 Å². The standard InChI is InChI=1S/C18H15Cl2NO5/c1-25-10-3-4-15(26-2)11(7-10)14(22)8-18(24)16-12(20)5-9(19)6-13(16)21-17(18)23/h3-7,24H,8H2,1-2H3,(H,21,23)/t18-/m0/s1. The molecule has 3 rings (SSSR count). The summed E-state index contributed by atoms with van der Waals surface area (Å²) in [5.41, 5.74) is -1.52. The molecule has 0 unspecified atom stereocenters. The summed E-state index contributed by atoms with van der Waals surface area (Å²) in [6, 6.07) is 7.58. The van der Waals surface area contributed by atoms with Gasteiger partial charge in [-0.15, -0.1) is 0 Å². The number of rotatable bonds is 5. The first kappa shape index (κ1) is 18.5. The van der Waals surface area contributed by atoms with Crippen molar-refractivity contribution in [1.82, 2.24) is 0 Å². The maximum atomic E-state index is 12.8. The number of amides is 1. The number of ether oxygens (including phenoxy) is 2. The van der Waals surface area contributed by atoms with E-state index in [1.54, 1.807) is 12.1 Å². The Labute approximate surface area is 159 Å². The molecule has 1 aliphatic heterocycles. The molecule has 0 bridgehead atoms. The van der Waals surface area contributed by atoms with Gasteiger partial charge in [-0.2, -0.15) is 0 Å². The first-order valence-electron chi connectivity index (χ1n) is 7.58. The van der Waals surface area contributed by atoms with Crippen LogP contribution in [0.5, 0.6) is 11.5 Å². The molecule has 26 heavy (non-hydrogen) atoms. The maximum absolute atomic E-state index is 12.8. The summed E-state index contributed by atoms with van der Waals surface area (Å²) in [7, 11) is 2.89. The number of carbonyl (C=O) groups excluding carboxylic acids is 2. The Bertz CT molecular complexity index is 915. The number of hydrogen-bond donors (Lipinski definition) is 2. The van der Waals surface area contributed by atoms with Gasteiger partial charge in [0.15, 0.2) is 11.4 Å². The van der Waals surface area contributed by atoms with Crippen LogP contribution in [-0.4, -0.2) is 31.0 Å². The molecular formula is C18H15Cl2NO5. The fourth-order valence-electron chi connectivity index (χ4n) is 2.96. The number of Topliss-reactive ketones (excluding diaryl/α,β-unsaturated/α-hetero) is 1. The third kappa shape index (κ3) is 3.00. The van der Waals surface area contributed by atoms with E-state index in [2.05, 4.69) is 5.32 Å². The zero-order valence-corrected chi connectivity index (χ0v) is 15.4. The molecule has 2 N–H and O–H groups in total. The number of anilines is 1. The number of methoxy groups -OCH3 is 2. The van der Waals surface area contributed by atoms with Crippen LogP contribution in [0.2, 0.25) is 10.0 Å². The van der Waals surface area contributed by atoms with Crippen LogP contribution in [0.1, 0.15) is 22.3 Å². The lowest BCUT2D eigenvalue weighted by Gasteiger charge is -2.21. The lowest BCUT2D eigenvalue weighted by atomic mass is 9.87. The van der Waals surface area contributed by atoms with Crippen LogP contribution in [-0.2, 0) is 10.4 Å². The molecule has 0 saturated heterocycles. The van der Waals surface area contributed by atoms with E-state index in [1.165, 1.54) is 32.4 Å². The minimum Gasteiger partial charge on any atom is -0.497 e. The summed E-state index contributed by atoms with van der Waals surface area (Å²) >= 11 is 12.1. The molecule has 6 nitrogen and oxygen atoms in total. The largest absolute Gasteiger partial charge is 0.497 e. The SMILES string of the molecule is COc1ccc(OC)c(C(=O)C[C@@]2(O)C(=O)Nc3cc(Cl)cc(Cl)c32)c1. The fourth-order valence-corrected chi connectivity index (χ4v) is 3.61. The second-order valence-electron chi connectivity index (χ2n) is 5.79. The molecule has 0 radical (unpaired) electrons. The Morgan fingerprint density at radius 2 is 1.92 bits per heavy atom. The van der Waals surface area contributed by atoms with Crippen LogP contribution in [0.25, 0.3) is 0 Å². The van der Waals surface area contributed by atoms with Gasteiger partial charge in [0.05, 0.1) is 36.9 Å². The van der Waals surface area contributed by atoms with E-state index >= 15 is 0 Å². The van der Waals surface area contributed by atoms with Gasteiger partial charge < -0.3 is 19.9 Å². The first-order valence-corrected chi connectivity index (χ1v) is 8.34. The van der Waals surface area contributed by atoms with Gasteiger partial charge in [-0.1, -0.05) is 23.2 Å². The number of nitrogens with one attached hydrogen (secondary N) is 1. The van der Waals surface area contributed by atoms with Crippen molar-refractivity contribution in [2.75, 3.05) is 19.5 Å². The molecule has 1 atom stereocenters. The third-order valence-corrected chi connectivity index (χ3v) is 4.73. The Morgan fingerprint density at radius 1 is 1.19 bits per heavy atom. The molecule has 8 heteroatoms. The molecule has 0 aliphatic carbocycles. The highest BCUT2D eigenvalue weighted by Gasteiger charge is 2.48. The number of benzene rings is 2. The van der Waals surface area contributed by atoms with Crippen molar-refractivity contribution in [1.29, 1.82) is 0 Å². The van der Waals surface area contributed by atoms with Crippen molar-refractivity contribution in [3.63, 3.8) is 0 Å². The van der Waals surface area contributed by atoms with E-state index in [0.717, 1.165) is 0 Å². The number of fused-ring (bicyclic) bond motifs is 1. The van der Waals surface area contributed by atoms with Crippen LogP contribution in [0.15, 0.2) is 30.3 Å². The van der Waals surface area contributed by atoms with Gasteiger partial charge in [-0.25, -0.2) is 0 Å². The fraction of sp³-hybridized carbons (Fsp3) is 0.222. The van der Waals surface area contributed by atoms with Crippen molar-refractivity contribution in [3.8, 4) is 11.5 Å². The summed E-state index contributed by atoms with van der Waals surface area (Å²) in [6.07, 6.45) is -0.517. The molecule has 2 aromatic rings. The second kappa shape index (κ2) is 6.79. The van der Waals surface area contributed by atoms with Gasteiger partial charge in [-0.05, 0) is 30.3 Å². The number of carbonyl (C=O) groups is 2. The predicted octanol–water partition coefficient (Wildman–Crippen LogP) is 3.42. The summed E-state index contributed by atoms with van der Waals surface area (Å²) in [4.78, 5) is 25.2. The monoisotopic (exact) mass is 395 g/mol. The zero-order chi connectivity index (χ0) is 19.1. The molecule has 0 saturated carbocycles.